The molecule has 6 heteroatoms. The Hall–Kier alpha value is -1.85. The predicted molar refractivity (Wildman–Crippen MR) is 98.7 cm³/mol. The smallest absolute Gasteiger partial charge is 0.255 e. The Balaban J connectivity index is 1.77. The van der Waals surface area contributed by atoms with Crippen LogP contribution in [0.5, 0.6) is 11.5 Å². The van der Waals surface area contributed by atoms with Crippen LogP contribution >= 0.6 is 23.4 Å². The molecule has 0 aliphatic carbocycles. The van der Waals surface area contributed by atoms with Gasteiger partial charge in [-0.05, 0) is 24.0 Å². The van der Waals surface area contributed by atoms with E-state index in [4.69, 9.17) is 21.1 Å². The Bertz CT molecular complexity index is 734. The second kappa shape index (κ2) is 7.81. The van der Waals surface area contributed by atoms with E-state index in [-0.39, 0.29) is 5.91 Å². The maximum absolute atomic E-state index is 12.4. The number of anilines is 1. The minimum atomic E-state index is -0.206. The van der Waals surface area contributed by atoms with Gasteiger partial charge in [0.15, 0.2) is 11.5 Å². The van der Waals surface area contributed by atoms with Gasteiger partial charge in [0, 0.05) is 29.9 Å². The summed E-state index contributed by atoms with van der Waals surface area (Å²) in [6.45, 7) is 1.18. The van der Waals surface area contributed by atoms with Gasteiger partial charge in [0.05, 0.1) is 23.9 Å². The van der Waals surface area contributed by atoms with Crippen molar-refractivity contribution in [2.75, 3.05) is 24.8 Å². The zero-order chi connectivity index (χ0) is 16.9. The molecule has 3 rings (SSSR count). The van der Waals surface area contributed by atoms with Crippen LogP contribution in [0.15, 0.2) is 36.4 Å². The van der Waals surface area contributed by atoms with E-state index in [0.717, 1.165) is 12.2 Å². The van der Waals surface area contributed by atoms with Crippen LogP contribution in [0.4, 0.5) is 5.69 Å². The predicted octanol–water partition coefficient (Wildman–Crippen LogP) is 4.62. The highest BCUT2D eigenvalue weighted by atomic mass is 35.5. The van der Waals surface area contributed by atoms with E-state index in [0.29, 0.717) is 41.0 Å². The van der Waals surface area contributed by atoms with Gasteiger partial charge in [-0.15, -0.1) is 0 Å². The van der Waals surface area contributed by atoms with Crippen molar-refractivity contribution in [3.63, 3.8) is 0 Å². The number of halogens is 1. The van der Waals surface area contributed by atoms with Crippen LogP contribution in [0, 0.1) is 0 Å². The lowest BCUT2D eigenvalue weighted by molar-refractivity contribution is 0.102. The molecule has 1 amide bonds. The van der Waals surface area contributed by atoms with Crippen molar-refractivity contribution in [2.45, 2.75) is 12.2 Å². The number of amides is 1. The van der Waals surface area contributed by atoms with Gasteiger partial charge in [-0.2, -0.15) is 11.8 Å². The summed E-state index contributed by atoms with van der Waals surface area (Å²) in [5, 5.41) is 3.26. The van der Waals surface area contributed by atoms with Crippen molar-refractivity contribution in [1.29, 1.82) is 0 Å². The van der Waals surface area contributed by atoms with Gasteiger partial charge in [0.25, 0.3) is 5.91 Å². The molecule has 24 heavy (non-hydrogen) atoms. The number of thioether (sulfide) groups is 1. The van der Waals surface area contributed by atoms with E-state index in [1.165, 1.54) is 5.56 Å². The van der Waals surface area contributed by atoms with Crippen LogP contribution in [0.1, 0.15) is 22.3 Å². The highest BCUT2D eigenvalue weighted by Crippen LogP contribution is 2.37. The SMILES string of the molecule is CSCc1ccc(C(=O)Nc2cc3c(cc2Cl)OCCCO3)cc1. The van der Waals surface area contributed by atoms with Crippen LogP contribution in [0.25, 0.3) is 0 Å². The summed E-state index contributed by atoms with van der Waals surface area (Å²) in [6, 6.07) is 10.9. The third-order valence-corrected chi connectivity index (χ3v) is 4.55. The van der Waals surface area contributed by atoms with E-state index < -0.39 is 0 Å². The molecule has 2 aromatic carbocycles. The number of rotatable bonds is 4. The maximum Gasteiger partial charge on any atom is 0.255 e. The first kappa shape index (κ1) is 17.0. The number of hydrogen-bond acceptors (Lipinski definition) is 4. The molecule has 0 aromatic heterocycles. The van der Waals surface area contributed by atoms with Crippen molar-refractivity contribution < 1.29 is 14.3 Å². The Morgan fingerprint density at radius 2 is 1.83 bits per heavy atom. The topological polar surface area (TPSA) is 47.6 Å². The largest absolute Gasteiger partial charge is 0.490 e. The first-order valence-electron chi connectivity index (χ1n) is 7.66. The lowest BCUT2D eigenvalue weighted by Crippen LogP contribution is -2.12. The number of ether oxygens (including phenoxy) is 2. The Kier molecular flexibility index (Phi) is 5.53. The second-order valence-electron chi connectivity index (χ2n) is 5.41. The summed E-state index contributed by atoms with van der Waals surface area (Å²) in [5.41, 5.74) is 2.29. The molecule has 1 heterocycles. The zero-order valence-corrected chi connectivity index (χ0v) is 14.9. The number of carbonyl (C=O) groups is 1. The average molecular weight is 364 g/mol. The van der Waals surface area contributed by atoms with Gasteiger partial charge in [0.1, 0.15) is 0 Å². The first-order chi connectivity index (χ1) is 11.7. The molecule has 0 spiro atoms. The average Bonchev–Trinajstić information content (AvgIpc) is 2.81. The number of fused-ring (bicyclic) bond motifs is 1. The van der Waals surface area contributed by atoms with Gasteiger partial charge in [-0.1, -0.05) is 23.7 Å². The summed E-state index contributed by atoms with van der Waals surface area (Å²) in [6.07, 6.45) is 2.86. The molecule has 0 saturated heterocycles. The lowest BCUT2D eigenvalue weighted by atomic mass is 10.1. The fourth-order valence-corrected chi connectivity index (χ4v) is 3.12. The molecule has 126 valence electrons. The Morgan fingerprint density at radius 3 is 2.50 bits per heavy atom. The zero-order valence-electron chi connectivity index (χ0n) is 13.3. The quantitative estimate of drug-likeness (QED) is 0.861. The lowest BCUT2D eigenvalue weighted by Gasteiger charge is -2.12. The van der Waals surface area contributed by atoms with Crippen LogP contribution in [-0.4, -0.2) is 25.4 Å². The summed E-state index contributed by atoms with van der Waals surface area (Å²) >= 11 is 8.00. The summed E-state index contributed by atoms with van der Waals surface area (Å²) in [7, 11) is 0. The van der Waals surface area contributed by atoms with Gasteiger partial charge in [-0.3, -0.25) is 4.79 Å². The van der Waals surface area contributed by atoms with Crippen LogP contribution < -0.4 is 14.8 Å². The van der Waals surface area contributed by atoms with Gasteiger partial charge >= 0.3 is 0 Å². The summed E-state index contributed by atoms with van der Waals surface area (Å²) < 4.78 is 11.2. The van der Waals surface area contributed by atoms with Crippen molar-refractivity contribution >= 4 is 35.0 Å². The third kappa shape index (κ3) is 3.97. The normalized spacial score (nSPS) is 13.2. The van der Waals surface area contributed by atoms with Crippen LogP contribution in [0.2, 0.25) is 5.02 Å². The molecule has 0 bridgehead atoms. The standard InChI is InChI=1S/C18H18ClNO3S/c1-24-11-12-3-5-13(6-4-12)18(21)20-15-10-17-16(9-14(15)19)22-7-2-8-23-17/h3-6,9-10H,2,7-8,11H2,1H3,(H,20,21). The Labute approximate surface area is 150 Å². The molecule has 0 unspecified atom stereocenters. The number of benzene rings is 2. The fraction of sp³-hybridized carbons (Fsp3) is 0.278. The highest BCUT2D eigenvalue weighted by molar-refractivity contribution is 7.97. The molecule has 4 nitrogen and oxygen atoms in total. The monoisotopic (exact) mass is 363 g/mol. The van der Waals surface area contributed by atoms with Crippen molar-refractivity contribution in [3.05, 3.63) is 52.5 Å². The van der Waals surface area contributed by atoms with E-state index in [1.54, 1.807) is 23.9 Å². The number of nitrogens with one attached hydrogen (secondary N) is 1. The maximum atomic E-state index is 12.4. The van der Waals surface area contributed by atoms with E-state index in [1.807, 2.05) is 30.5 Å². The molecule has 0 fully saturated rings. The minimum Gasteiger partial charge on any atom is -0.490 e. The molecule has 1 aliphatic heterocycles. The molecule has 2 aromatic rings. The van der Waals surface area contributed by atoms with Gasteiger partial charge in [0.2, 0.25) is 0 Å². The summed E-state index contributed by atoms with van der Waals surface area (Å²) in [5.74, 6) is 1.93. The number of hydrogen-bond donors (Lipinski definition) is 1. The minimum absolute atomic E-state index is 0.206. The molecule has 0 radical (unpaired) electrons. The van der Waals surface area contributed by atoms with Crippen LogP contribution in [-0.2, 0) is 5.75 Å². The van der Waals surface area contributed by atoms with E-state index in [9.17, 15) is 4.79 Å². The summed E-state index contributed by atoms with van der Waals surface area (Å²) in [4.78, 5) is 12.4. The van der Waals surface area contributed by atoms with Gasteiger partial charge in [-0.25, -0.2) is 0 Å². The molecule has 1 N–H and O–H groups in total. The molecule has 0 saturated carbocycles. The molecule has 1 aliphatic rings. The van der Waals surface area contributed by atoms with Crippen LogP contribution in [0.3, 0.4) is 0 Å². The Morgan fingerprint density at radius 1 is 1.17 bits per heavy atom. The van der Waals surface area contributed by atoms with E-state index >= 15 is 0 Å². The van der Waals surface area contributed by atoms with Gasteiger partial charge < -0.3 is 14.8 Å². The van der Waals surface area contributed by atoms with Crippen molar-refractivity contribution in [2.24, 2.45) is 0 Å². The fourth-order valence-electron chi connectivity index (χ4n) is 2.39. The second-order valence-corrected chi connectivity index (χ2v) is 6.69. The van der Waals surface area contributed by atoms with Crippen molar-refractivity contribution in [3.8, 4) is 11.5 Å². The molecular formula is C18H18ClNO3S. The van der Waals surface area contributed by atoms with Crippen molar-refractivity contribution in [1.82, 2.24) is 0 Å². The highest BCUT2D eigenvalue weighted by Gasteiger charge is 2.16. The molecular weight excluding hydrogens is 346 g/mol. The number of carbonyl (C=O) groups excluding carboxylic acids is 1. The van der Waals surface area contributed by atoms with E-state index in [2.05, 4.69) is 5.32 Å². The third-order valence-electron chi connectivity index (χ3n) is 3.61. The first-order valence-corrected chi connectivity index (χ1v) is 9.43. The molecule has 0 atom stereocenters.